The molecule has 7 nitrogen and oxygen atoms in total. The first-order valence-corrected chi connectivity index (χ1v) is 8.10. The Kier molecular flexibility index (Phi) is 5.13. The lowest BCUT2D eigenvalue weighted by atomic mass is 10.3. The smallest absolute Gasteiger partial charge is 0.191 e. The SMILES string of the molecule is CN=C(NCc1ccc(-n2nc(C)cc2C)nc1)NCc1ccoc1. The van der Waals surface area contributed by atoms with E-state index in [1.165, 1.54) is 0 Å². The number of nitrogens with one attached hydrogen (secondary N) is 2. The number of rotatable bonds is 5. The predicted octanol–water partition coefficient (Wildman–Crippen LogP) is 2.34. The molecule has 130 valence electrons. The summed E-state index contributed by atoms with van der Waals surface area (Å²) >= 11 is 0. The van der Waals surface area contributed by atoms with Gasteiger partial charge in [-0.25, -0.2) is 9.67 Å². The maximum absolute atomic E-state index is 5.05. The van der Waals surface area contributed by atoms with E-state index in [1.807, 2.05) is 49.0 Å². The highest BCUT2D eigenvalue weighted by Gasteiger charge is 2.05. The second-order valence-corrected chi connectivity index (χ2v) is 5.77. The van der Waals surface area contributed by atoms with E-state index in [1.54, 1.807) is 19.6 Å². The number of hydrogen-bond acceptors (Lipinski definition) is 4. The molecule has 0 amide bonds. The molecule has 0 saturated heterocycles. The minimum atomic E-state index is 0.634. The van der Waals surface area contributed by atoms with Gasteiger partial charge >= 0.3 is 0 Å². The summed E-state index contributed by atoms with van der Waals surface area (Å²) < 4.78 is 6.90. The van der Waals surface area contributed by atoms with Gasteiger partial charge in [-0.05, 0) is 37.6 Å². The maximum atomic E-state index is 5.05. The van der Waals surface area contributed by atoms with E-state index in [2.05, 4.69) is 25.7 Å². The molecule has 3 heterocycles. The number of guanidine groups is 1. The molecule has 3 aromatic rings. The molecule has 0 unspecified atom stereocenters. The third-order valence-electron chi connectivity index (χ3n) is 3.76. The van der Waals surface area contributed by atoms with E-state index >= 15 is 0 Å². The Hall–Kier alpha value is -3.09. The molecule has 0 aliphatic rings. The third kappa shape index (κ3) is 4.26. The minimum absolute atomic E-state index is 0.634. The first kappa shape index (κ1) is 16.8. The van der Waals surface area contributed by atoms with E-state index in [9.17, 15) is 0 Å². The molecular formula is C18H22N6O. The van der Waals surface area contributed by atoms with Gasteiger partial charge in [-0.2, -0.15) is 5.10 Å². The van der Waals surface area contributed by atoms with Crippen molar-refractivity contribution in [1.29, 1.82) is 0 Å². The van der Waals surface area contributed by atoms with Crippen molar-refractivity contribution in [2.45, 2.75) is 26.9 Å². The molecule has 0 aromatic carbocycles. The fourth-order valence-electron chi connectivity index (χ4n) is 2.49. The topological polar surface area (TPSA) is 80.3 Å². The lowest BCUT2D eigenvalue weighted by molar-refractivity contribution is 0.563. The van der Waals surface area contributed by atoms with Crippen LogP contribution in [0.15, 0.2) is 52.4 Å². The Labute approximate surface area is 146 Å². The van der Waals surface area contributed by atoms with Crippen molar-refractivity contribution in [3.8, 4) is 5.82 Å². The third-order valence-corrected chi connectivity index (χ3v) is 3.76. The van der Waals surface area contributed by atoms with Crippen LogP contribution in [0.25, 0.3) is 5.82 Å². The van der Waals surface area contributed by atoms with Crippen LogP contribution in [0.4, 0.5) is 0 Å². The lowest BCUT2D eigenvalue weighted by Crippen LogP contribution is -2.36. The van der Waals surface area contributed by atoms with Gasteiger partial charge in [0.15, 0.2) is 11.8 Å². The Bertz CT molecular complexity index is 833. The zero-order chi connectivity index (χ0) is 17.6. The van der Waals surface area contributed by atoms with Crippen molar-refractivity contribution in [1.82, 2.24) is 25.4 Å². The molecule has 3 aromatic heterocycles. The molecule has 25 heavy (non-hydrogen) atoms. The first-order valence-electron chi connectivity index (χ1n) is 8.10. The van der Waals surface area contributed by atoms with Crippen LogP contribution < -0.4 is 10.6 Å². The first-order chi connectivity index (χ1) is 12.2. The van der Waals surface area contributed by atoms with Crippen molar-refractivity contribution in [3.63, 3.8) is 0 Å². The number of aromatic nitrogens is 3. The van der Waals surface area contributed by atoms with Gasteiger partial charge in [0.05, 0.1) is 18.2 Å². The van der Waals surface area contributed by atoms with Crippen LogP contribution in [0.3, 0.4) is 0 Å². The molecule has 0 aliphatic carbocycles. The van der Waals surface area contributed by atoms with Gasteiger partial charge in [0, 0.05) is 37.6 Å². The summed E-state index contributed by atoms with van der Waals surface area (Å²) in [6, 6.07) is 7.96. The summed E-state index contributed by atoms with van der Waals surface area (Å²) in [5, 5.41) is 11.0. The summed E-state index contributed by atoms with van der Waals surface area (Å²) in [7, 11) is 1.74. The van der Waals surface area contributed by atoms with Crippen LogP contribution in [0.1, 0.15) is 22.5 Å². The number of aliphatic imine (C=N–C) groups is 1. The number of nitrogens with zero attached hydrogens (tertiary/aromatic N) is 4. The number of pyridine rings is 1. The monoisotopic (exact) mass is 338 g/mol. The highest BCUT2D eigenvalue weighted by atomic mass is 16.3. The molecule has 0 spiro atoms. The Balaban J connectivity index is 1.56. The molecule has 2 N–H and O–H groups in total. The lowest BCUT2D eigenvalue weighted by Gasteiger charge is -2.11. The van der Waals surface area contributed by atoms with E-state index in [-0.39, 0.29) is 0 Å². The normalized spacial score (nSPS) is 11.6. The standard InChI is InChI=1S/C18H22N6O/c1-13-8-14(2)24(23-13)17-5-4-15(9-20-17)10-21-18(19-3)22-11-16-6-7-25-12-16/h4-9,12H,10-11H2,1-3H3,(H2,19,21,22). The fraction of sp³-hybridized carbons (Fsp3) is 0.278. The molecule has 3 rings (SSSR count). The van der Waals surface area contributed by atoms with E-state index in [4.69, 9.17) is 4.42 Å². The fourth-order valence-corrected chi connectivity index (χ4v) is 2.49. The summed E-state index contributed by atoms with van der Waals surface area (Å²) in [6.07, 6.45) is 5.22. The molecule has 0 bridgehead atoms. The summed E-state index contributed by atoms with van der Waals surface area (Å²) in [5.74, 6) is 1.54. The zero-order valence-corrected chi connectivity index (χ0v) is 14.7. The van der Waals surface area contributed by atoms with Gasteiger partial charge in [-0.1, -0.05) is 6.07 Å². The maximum Gasteiger partial charge on any atom is 0.191 e. The molecular weight excluding hydrogens is 316 g/mol. The van der Waals surface area contributed by atoms with Crippen LogP contribution in [-0.4, -0.2) is 27.8 Å². The minimum Gasteiger partial charge on any atom is -0.472 e. The average molecular weight is 338 g/mol. The number of aryl methyl sites for hydroxylation is 2. The number of furan rings is 1. The molecule has 7 heteroatoms. The number of hydrogen-bond donors (Lipinski definition) is 2. The van der Waals surface area contributed by atoms with Gasteiger partial charge in [-0.15, -0.1) is 0 Å². The van der Waals surface area contributed by atoms with Crippen molar-refractivity contribution >= 4 is 5.96 Å². The largest absolute Gasteiger partial charge is 0.472 e. The van der Waals surface area contributed by atoms with Crippen LogP contribution in [-0.2, 0) is 13.1 Å². The Morgan fingerprint density at radius 3 is 2.52 bits per heavy atom. The zero-order valence-electron chi connectivity index (χ0n) is 14.7. The van der Waals surface area contributed by atoms with E-state index in [0.717, 1.165) is 34.3 Å². The highest BCUT2D eigenvalue weighted by Crippen LogP contribution is 2.10. The van der Waals surface area contributed by atoms with Crippen molar-refractivity contribution in [2.24, 2.45) is 4.99 Å². The summed E-state index contributed by atoms with van der Waals surface area (Å²) in [5.41, 5.74) is 4.19. The molecule has 0 atom stereocenters. The molecule has 0 radical (unpaired) electrons. The van der Waals surface area contributed by atoms with E-state index in [0.29, 0.717) is 13.1 Å². The van der Waals surface area contributed by atoms with Gasteiger partial charge in [0.25, 0.3) is 0 Å². The van der Waals surface area contributed by atoms with Crippen molar-refractivity contribution in [2.75, 3.05) is 7.05 Å². The Morgan fingerprint density at radius 1 is 1.16 bits per heavy atom. The van der Waals surface area contributed by atoms with Crippen molar-refractivity contribution < 1.29 is 4.42 Å². The van der Waals surface area contributed by atoms with Crippen LogP contribution in [0, 0.1) is 13.8 Å². The quantitative estimate of drug-likeness (QED) is 0.551. The molecule has 0 saturated carbocycles. The molecule has 0 aliphatic heterocycles. The predicted molar refractivity (Wildman–Crippen MR) is 96.6 cm³/mol. The van der Waals surface area contributed by atoms with Crippen molar-refractivity contribution in [3.05, 3.63) is 65.5 Å². The summed E-state index contributed by atoms with van der Waals surface area (Å²) in [4.78, 5) is 8.71. The van der Waals surface area contributed by atoms with Gasteiger partial charge in [0.2, 0.25) is 0 Å². The van der Waals surface area contributed by atoms with E-state index < -0.39 is 0 Å². The van der Waals surface area contributed by atoms with Gasteiger partial charge < -0.3 is 15.1 Å². The van der Waals surface area contributed by atoms with Gasteiger partial charge in [-0.3, -0.25) is 4.99 Å². The Morgan fingerprint density at radius 2 is 1.96 bits per heavy atom. The van der Waals surface area contributed by atoms with Gasteiger partial charge in [0.1, 0.15) is 0 Å². The van der Waals surface area contributed by atoms with Crippen LogP contribution in [0.2, 0.25) is 0 Å². The highest BCUT2D eigenvalue weighted by molar-refractivity contribution is 5.79. The summed E-state index contributed by atoms with van der Waals surface area (Å²) in [6.45, 7) is 5.29. The molecule has 0 fully saturated rings. The van der Waals surface area contributed by atoms with Crippen LogP contribution >= 0.6 is 0 Å². The second-order valence-electron chi connectivity index (χ2n) is 5.77. The van der Waals surface area contributed by atoms with Crippen LogP contribution in [0.5, 0.6) is 0 Å². The second kappa shape index (κ2) is 7.65. The average Bonchev–Trinajstić information content (AvgIpc) is 3.25.